The highest BCUT2D eigenvalue weighted by molar-refractivity contribution is 7.79. The smallest absolute Gasteiger partial charge is 0.159 e. The first-order valence-corrected chi connectivity index (χ1v) is 8.61. The molecule has 3 rings (SSSR count). The zero-order valence-electron chi connectivity index (χ0n) is 12.4. The molecule has 1 nitrogen and oxygen atoms in total. The third-order valence-corrected chi connectivity index (χ3v) is 5.96. The standard InChI is InChI=1S/C20H17OP/c1-16(21)17-9-8-14-20(15-17)22(18-10-4-2-5-11-18)19-12-6-3-7-13-19/h2-15H,1H3. The second-order valence-electron chi connectivity index (χ2n) is 5.11. The normalized spacial score (nSPS) is 10.6. The second kappa shape index (κ2) is 6.68. The van der Waals surface area contributed by atoms with Gasteiger partial charge in [-0.05, 0) is 36.8 Å². The number of carbonyl (C=O) groups excluding carboxylic acids is 1. The van der Waals surface area contributed by atoms with E-state index in [1.165, 1.54) is 15.9 Å². The van der Waals surface area contributed by atoms with Crippen molar-refractivity contribution in [1.82, 2.24) is 0 Å². The Bertz CT molecular complexity index is 726. The Balaban J connectivity index is 2.14. The molecule has 3 aromatic rings. The van der Waals surface area contributed by atoms with E-state index in [0.717, 1.165) is 5.56 Å². The van der Waals surface area contributed by atoms with Gasteiger partial charge >= 0.3 is 0 Å². The van der Waals surface area contributed by atoms with Crippen molar-refractivity contribution in [3.8, 4) is 0 Å². The maximum Gasteiger partial charge on any atom is 0.159 e. The van der Waals surface area contributed by atoms with Gasteiger partial charge in [0.05, 0.1) is 0 Å². The first-order chi connectivity index (χ1) is 10.8. The summed E-state index contributed by atoms with van der Waals surface area (Å²) in [5, 5.41) is 3.80. The van der Waals surface area contributed by atoms with Crippen LogP contribution in [0, 0.1) is 0 Å². The summed E-state index contributed by atoms with van der Waals surface area (Å²) < 4.78 is 0. The van der Waals surface area contributed by atoms with Crippen LogP contribution < -0.4 is 15.9 Å². The Morgan fingerprint density at radius 1 is 0.682 bits per heavy atom. The molecule has 0 bridgehead atoms. The van der Waals surface area contributed by atoms with Crippen molar-refractivity contribution in [2.24, 2.45) is 0 Å². The third kappa shape index (κ3) is 3.16. The Morgan fingerprint density at radius 3 is 1.68 bits per heavy atom. The summed E-state index contributed by atoms with van der Waals surface area (Å²) in [5.74, 6) is 0.109. The summed E-state index contributed by atoms with van der Waals surface area (Å²) in [6.45, 7) is 1.62. The molecular formula is C20H17OP. The number of benzene rings is 3. The summed E-state index contributed by atoms with van der Waals surface area (Å²) in [6.07, 6.45) is 0. The van der Waals surface area contributed by atoms with E-state index in [1.807, 2.05) is 30.3 Å². The van der Waals surface area contributed by atoms with Gasteiger partial charge in [-0.25, -0.2) is 0 Å². The fraction of sp³-hybridized carbons (Fsp3) is 0.0500. The average Bonchev–Trinajstić information content (AvgIpc) is 2.57. The molecule has 0 amide bonds. The molecule has 0 atom stereocenters. The molecule has 0 fully saturated rings. The van der Waals surface area contributed by atoms with E-state index in [-0.39, 0.29) is 5.78 Å². The van der Waals surface area contributed by atoms with Crippen molar-refractivity contribution in [3.63, 3.8) is 0 Å². The summed E-state index contributed by atoms with van der Waals surface area (Å²) in [4.78, 5) is 11.7. The number of carbonyl (C=O) groups is 1. The molecule has 108 valence electrons. The monoisotopic (exact) mass is 304 g/mol. The molecule has 0 heterocycles. The van der Waals surface area contributed by atoms with Gasteiger partial charge in [0, 0.05) is 5.56 Å². The van der Waals surface area contributed by atoms with Crippen LogP contribution in [-0.4, -0.2) is 5.78 Å². The number of Topliss-reactive ketones (excluding diaryl/α,β-unsaturated/α-hetero) is 1. The zero-order valence-corrected chi connectivity index (χ0v) is 13.3. The minimum atomic E-state index is -0.639. The first-order valence-electron chi connectivity index (χ1n) is 7.27. The molecule has 0 spiro atoms. The van der Waals surface area contributed by atoms with E-state index in [1.54, 1.807) is 6.92 Å². The van der Waals surface area contributed by atoms with Crippen LogP contribution in [0.4, 0.5) is 0 Å². The lowest BCUT2D eigenvalue weighted by molar-refractivity contribution is 0.101. The second-order valence-corrected chi connectivity index (χ2v) is 7.33. The van der Waals surface area contributed by atoms with Gasteiger partial charge in [-0.2, -0.15) is 0 Å². The van der Waals surface area contributed by atoms with Gasteiger partial charge in [0.2, 0.25) is 0 Å². The fourth-order valence-electron chi connectivity index (χ4n) is 2.47. The molecule has 0 aromatic heterocycles. The predicted molar refractivity (Wildman–Crippen MR) is 95.2 cm³/mol. The number of ketones is 1. The lowest BCUT2D eigenvalue weighted by atomic mass is 10.2. The molecule has 0 saturated heterocycles. The van der Waals surface area contributed by atoms with E-state index >= 15 is 0 Å². The topological polar surface area (TPSA) is 17.1 Å². The van der Waals surface area contributed by atoms with E-state index in [4.69, 9.17) is 0 Å². The highest BCUT2D eigenvalue weighted by atomic mass is 31.1. The van der Waals surface area contributed by atoms with Crippen LogP contribution in [0.5, 0.6) is 0 Å². The zero-order chi connectivity index (χ0) is 15.4. The Labute approximate surface area is 132 Å². The number of hydrogen-bond donors (Lipinski definition) is 0. The van der Waals surface area contributed by atoms with Crippen LogP contribution in [0.3, 0.4) is 0 Å². The molecule has 0 aliphatic carbocycles. The molecule has 0 aliphatic rings. The summed E-state index contributed by atoms with van der Waals surface area (Å²) in [5.41, 5.74) is 0.775. The highest BCUT2D eigenvalue weighted by Gasteiger charge is 2.16. The maximum atomic E-state index is 11.7. The van der Waals surface area contributed by atoms with E-state index in [0.29, 0.717) is 0 Å². The highest BCUT2D eigenvalue weighted by Crippen LogP contribution is 2.32. The largest absolute Gasteiger partial charge is 0.295 e. The first kappa shape index (κ1) is 14.7. The van der Waals surface area contributed by atoms with Crippen LogP contribution in [0.1, 0.15) is 17.3 Å². The maximum absolute atomic E-state index is 11.7. The lowest BCUT2D eigenvalue weighted by Gasteiger charge is -2.19. The Hall–Kier alpha value is -2.24. The fourth-order valence-corrected chi connectivity index (χ4v) is 4.80. The molecule has 0 radical (unpaired) electrons. The summed E-state index contributed by atoms with van der Waals surface area (Å²) in [6, 6.07) is 29.0. The molecule has 2 heteroatoms. The van der Waals surface area contributed by atoms with Gasteiger partial charge in [0.15, 0.2) is 5.78 Å². The van der Waals surface area contributed by atoms with Crippen molar-refractivity contribution in [1.29, 1.82) is 0 Å². The van der Waals surface area contributed by atoms with Crippen molar-refractivity contribution < 1.29 is 4.79 Å². The van der Waals surface area contributed by atoms with E-state index in [9.17, 15) is 4.79 Å². The number of rotatable bonds is 4. The van der Waals surface area contributed by atoms with Crippen LogP contribution >= 0.6 is 7.92 Å². The lowest BCUT2D eigenvalue weighted by Crippen LogP contribution is -2.21. The van der Waals surface area contributed by atoms with Crippen LogP contribution in [-0.2, 0) is 0 Å². The molecule has 22 heavy (non-hydrogen) atoms. The SMILES string of the molecule is CC(=O)c1cccc(P(c2ccccc2)c2ccccc2)c1. The van der Waals surface area contributed by atoms with Gasteiger partial charge in [0.1, 0.15) is 0 Å². The molecule has 3 aromatic carbocycles. The molecular weight excluding hydrogens is 287 g/mol. The van der Waals surface area contributed by atoms with E-state index < -0.39 is 7.92 Å². The van der Waals surface area contributed by atoms with Crippen molar-refractivity contribution in [2.75, 3.05) is 0 Å². The van der Waals surface area contributed by atoms with Crippen LogP contribution in [0.2, 0.25) is 0 Å². The van der Waals surface area contributed by atoms with Crippen LogP contribution in [0.15, 0.2) is 84.9 Å². The van der Waals surface area contributed by atoms with Crippen LogP contribution in [0.25, 0.3) is 0 Å². The molecule has 0 N–H and O–H groups in total. The Morgan fingerprint density at radius 2 is 1.18 bits per heavy atom. The third-order valence-electron chi connectivity index (χ3n) is 3.54. The summed E-state index contributed by atoms with van der Waals surface area (Å²) in [7, 11) is -0.639. The van der Waals surface area contributed by atoms with Crippen molar-refractivity contribution in [3.05, 3.63) is 90.5 Å². The van der Waals surface area contributed by atoms with Crippen molar-refractivity contribution >= 4 is 29.6 Å². The average molecular weight is 304 g/mol. The molecule has 0 saturated carbocycles. The van der Waals surface area contributed by atoms with Gasteiger partial charge in [-0.1, -0.05) is 78.9 Å². The molecule has 0 unspecified atom stereocenters. The van der Waals surface area contributed by atoms with E-state index in [2.05, 4.69) is 54.6 Å². The van der Waals surface area contributed by atoms with Gasteiger partial charge in [0.25, 0.3) is 0 Å². The van der Waals surface area contributed by atoms with Gasteiger partial charge in [-0.15, -0.1) is 0 Å². The van der Waals surface area contributed by atoms with Gasteiger partial charge in [-0.3, -0.25) is 4.79 Å². The molecule has 0 aliphatic heterocycles. The minimum absolute atomic E-state index is 0.109. The number of hydrogen-bond acceptors (Lipinski definition) is 1. The summed E-state index contributed by atoms with van der Waals surface area (Å²) >= 11 is 0. The Kier molecular flexibility index (Phi) is 4.46. The minimum Gasteiger partial charge on any atom is -0.295 e. The quantitative estimate of drug-likeness (QED) is 0.531. The van der Waals surface area contributed by atoms with Gasteiger partial charge < -0.3 is 0 Å². The predicted octanol–water partition coefficient (Wildman–Crippen LogP) is 3.65. The van der Waals surface area contributed by atoms with Crippen molar-refractivity contribution in [2.45, 2.75) is 6.92 Å².